The van der Waals surface area contributed by atoms with Crippen LogP contribution in [0, 0.1) is 5.92 Å². The Kier molecular flexibility index (Phi) is 6.22. The van der Waals surface area contributed by atoms with E-state index in [1.165, 1.54) is 12.8 Å². The highest BCUT2D eigenvalue weighted by Crippen LogP contribution is 2.32. The third-order valence-electron chi connectivity index (χ3n) is 3.02. The molecule has 3 atom stereocenters. The lowest BCUT2D eigenvalue weighted by molar-refractivity contribution is 0.0356. The number of rotatable bonds is 9. The first-order chi connectivity index (χ1) is 7.27. The lowest BCUT2D eigenvalue weighted by Crippen LogP contribution is -2.32. The predicted octanol–water partition coefficient (Wildman–Crippen LogP) is 1.55. The van der Waals surface area contributed by atoms with Crippen LogP contribution in [-0.4, -0.2) is 37.0 Å². The second-order valence-electron chi connectivity index (χ2n) is 4.50. The van der Waals surface area contributed by atoms with Crippen molar-refractivity contribution in [2.24, 2.45) is 5.92 Å². The van der Waals surface area contributed by atoms with Crippen LogP contribution in [-0.2, 0) is 4.74 Å². The summed E-state index contributed by atoms with van der Waals surface area (Å²) in [6.07, 6.45) is 4.41. The van der Waals surface area contributed by atoms with Gasteiger partial charge in [0.05, 0.1) is 12.7 Å². The molecule has 1 saturated carbocycles. The van der Waals surface area contributed by atoms with Gasteiger partial charge in [0.1, 0.15) is 0 Å². The molecular formula is C12H25NO2. The molecule has 0 amide bonds. The Hall–Kier alpha value is -0.120. The molecule has 3 heteroatoms. The Labute approximate surface area is 93.2 Å². The normalized spacial score (nSPS) is 26.6. The van der Waals surface area contributed by atoms with Gasteiger partial charge in [-0.15, -0.1) is 0 Å². The minimum atomic E-state index is -0.347. The van der Waals surface area contributed by atoms with Crippen LogP contribution in [0.1, 0.15) is 39.5 Å². The quantitative estimate of drug-likeness (QED) is 0.573. The first-order valence-electron chi connectivity index (χ1n) is 6.27. The van der Waals surface area contributed by atoms with E-state index in [0.717, 1.165) is 25.4 Å². The van der Waals surface area contributed by atoms with Gasteiger partial charge in [-0.1, -0.05) is 26.7 Å². The van der Waals surface area contributed by atoms with E-state index >= 15 is 0 Å². The largest absolute Gasteiger partial charge is 0.389 e. The first kappa shape index (κ1) is 12.9. The molecule has 3 nitrogen and oxygen atoms in total. The molecule has 1 aliphatic rings. The van der Waals surface area contributed by atoms with E-state index in [1.54, 1.807) is 0 Å². The molecule has 0 bridgehead atoms. The molecule has 0 spiro atoms. The average molecular weight is 215 g/mol. The monoisotopic (exact) mass is 215 g/mol. The topological polar surface area (TPSA) is 41.5 Å². The molecule has 3 unspecified atom stereocenters. The summed E-state index contributed by atoms with van der Waals surface area (Å²) >= 11 is 0. The summed E-state index contributed by atoms with van der Waals surface area (Å²) in [5, 5.41) is 13.0. The van der Waals surface area contributed by atoms with Crippen LogP contribution in [0.15, 0.2) is 0 Å². The molecule has 1 rings (SSSR count). The second kappa shape index (κ2) is 7.20. The zero-order chi connectivity index (χ0) is 11.1. The van der Waals surface area contributed by atoms with Gasteiger partial charge in [0.15, 0.2) is 0 Å². The molecule has 0 aliphatic heterocycles. The Morgan fingerprint density at radius 2 is 2.27 bits per heavy atom. The van der Waals surface area contributed by atoms with Crippen molar-refractivity contribution in [1.29, 1.82) is 0 Å². The summed E-state index contributed by atoms with van der Waals surface area (Å²) in [6.45, 7) is 6.27. The number of aliphatic hydroxyl groups is 1. The third kappa shape index (κ3) is 5.50. The molecule has 0 aromatic rings. The number of hydrogen-bond donors (Lipinski definition) is 2. The second-order valence-corrected chi connectivity index (χ2v) is 4.50. The van der Waals surface area contributed by atoms with Crippen molar-refractivity contribution in [3.05, 3.63) is 0 Å². The van der Waals surface area contributed by atoms with Gasteiger partial charge in [-0.25, -0.2) is 0 Å². The van der Waals surface area contributed by atoms with E-state index in [0.29, 0.717) is 19.2 Å². The molecule has 0 saturated heterocycles. The zero-order valence-electron chi connectivity index (χ0n) is 10.0. The lowest BCUT2D eigenvalue weighted by Gasteiger charge is -2.12. The maximum Gasteiger partial charge on any atom is 0.0897 e. The van der Waals surface area contributed by atoms with Gasteiger partial charge in [-0.3, -0.25) is 0 Å². The van der Waals surface area contributed by atoms with Crippen molar-refractivity contribution in [3.8, 4) is 0 Å². The van der Waals surface area contributed by atoms with Gasteiger partial charge in [0, 0.05) is 19.2 Å². The van der Waals surface area contributed by atoms with Crippen LogP contribution in [0.4, 0.5) is 0 Å². The van der Waals surface area contributed by atoms with E-state index in [1.807, 2.05) is 0 Å². The van der Waals surface area contributed by atoms with E-state index in [2.05, 4.69) is 19.2 Å². The first-order valence-corrected chi connectivity index (χ1v) is 6.27. The minimum Gasteiger partial charge on any atom is -0.389 e. The predicted molar refractivity (Wildman–Crippen MR) is 61.9 cm³/mol. The zero-order valence-corrected chi connectivity index (χ0v) is 10.0. The molecule has 1 aliphatic carbocycles. The highest BCUT2D eigenvalue weighted by atomic mass is 16.5. The minimum absolute atomic E-state index is 0.347. The van der Waals surface area contributed by atoms with Gasteiger partial charge in [0.2, 0.25) is 0 Å². The van der Waals surface area contributed by atoms with Crippen molar-refractivity contribution in [1.82, 2.24) is 5.32 Å². The fourth-order valence-corrected chi connectivity index (χ4v) is 1.76. The van der Waals surface area contributed by atoms with E-state index in [9.17, 15) is 5.11 Å². The van der Waals surface area contributed by atoms with Crippen LogP contribution in [0.25, 0.3) is 0 Å². The average Bonchev–Trinajstić information content (AvgIpc) is 3.00. The Morgan fingerprint density at radius 1 is 1.47 bits per heavy atom. The Morgan fingerprint density at radius 3 is 2.87 bits per heavy atom. The fraction of sp³-hybridized carbons (Fsp3) is 1.00. The molecule has 0 heterocycles. The van der Waals surface area contributed by atoms with Crippen LogP contribution >= 0.6 is 0 Å². The molecule has 90 valence electrons. The van der Waals surface area contributed by atoms with Gasteiger partial charge < -0.3 is 15.2 Å². The van der Waals surface area contributed by atoms with Crippen LogP contribution < -0.4 is 5.32 Å². The van der Waals surface area contributed by atoms with Crippen molar-refractivity contribution in [2.75, 3.05) is 19.8 Å². The Balaban J connectivity index is 1.88. The Bertz CT molecular complexity index is 164. The summed E-state index contributed by atoms with van der Waals surface area (Å²) < 4.78 is 5.35. The number of unbranched alkanes of at least 4 members (excludes halogenated alkanes) is 1. The third-order valence-corrected chi connectivity index (χ3v) is 3.02. The highest BCUT2D eigenvalue weighted by Gasteiger charge is 2.34. The fourth-order valence-electron chi connectivity index (χ4n) is 1.76. The summed E-state index contributed by atoms with van der Waals surface area (Å²) in [6, 6.07) is 0.653. The molecule has 1 fully saturated rings. The van der Waals surface area contributed by atoms with Crippen LogP contribution in [0.5, 0.6) is 0 Å². The molecule has 0 aromatic carbocycles. The summed E-state index contributed by atoms with van der Waals surface area (Å²) in [5.41, 5.74) is 0. The molecule has 15 heavy (non-hydrogen) atoms. The molecular weight excluding hydrogens is 190 g/mol. The molecule has 2 N–H and O–H groups in total. The number of ether oxygens (including phenoxy) is 1. The number of hydrogen-bond acceptors (Lipinski definition) is 3. The van der Waals surface area contributed by atoms with Crippen molar-refractivity contribution in [2.45, 2.75) is 51.7 Å². The molecule has 0 aromatic heterocycles. The smallest absolute Gasteiger partial charge is 0.0897 e. The van der Waals surface area contributed by atoms with Crippen molar-refractivity contribution in [3.63, 3.8) is 0 Å². The van der Waals surface area contributed by atoms with Crippen LogP contribution in [0.3, 0.4) is 0 Å². The van der Waals surface area contributed by atoms with Gasteiger partial charge >= 0.3 is 0 Å². The lowest BCUT2D eigenvalue weighted by atomic mass is 10.3. The maximum absolute atomic E-state index is 9.60. The van der Waals surface area contributed by atoms with Gasteiger partial charge in [-0.2, -0.15) is 0 Å². The van der Waals surface area contributed by atoms with E-state index in [-0.39, 0.29) is 6.10 Å². The number of aliphatic hydroxyl groups excluding tert-OH is 1. The summed E-state index contributed by atoms with van der Waals surface area (Å²) in [5.74, 6) is 0.846. The highest BCUT2D eigenvalue weighted by molar-refractivity contribution is 4.92. The summed E-state index contributed by atoms with van der Waals surface area (Å²) in [7, 11) is 0. The van der Waals surface area contributed by atoms with E-state index < -0.39 is 0 Å². The van der Waals surface area contributed by atoms with Gasteiger partial charge in [-0.05, 0) is 18.8 Å². The van der Waals surface area contributed by atoms with E-state index in [4.69, 9.17) is 4.74 Å². The van der Waals surface area contributed by atoms with Crippen molar-refractivity contribution >= 4 is 0 Å². The maximum atomic E-state index is 9.60. The molecule has 0 radical (unpaired) electrons. The number of nitrogens with one attached hydrogen (secondary N) is 1. The standard InChI is InChI=1S/C12H25NO2/c1-3-5-6-15-9-11(14)8-13-12-7-10(12)4-2/h10-14H,3-9H2,1-2H3. The summed E-state index contributed by atoms with van der Waals surface area (Å²) in [4.78, 5) is 0. The van der Waals surface area contributed by atoms with Crippen LogP contribution in [0.2, 0.25) is 0 Å². The SMILES string of the molecule is CCCCOCC(O)CNC1CC1CC. The van der Waals surface area contributed by atoms with Gasteiger partial charge in [0.25, 0.3) is 0 Å². The van der Waals surface area contributed by atoms with Crippen molar-refractivity contribution < 1.29 is 9.84 Å².